The lowest BCUT2D eigenvalue weighted by Gasteiger charge is -2.13. The van der Waals surface area contributed by atoms with Gasteiger partial charge in [0.2, 0.25) is 0 Å². The molecule has 19 heavy (non-hydrogen) atoms. The average molecular weight is 251 g/mol. The summed E-state index contributed by atoms with van der Waals surface area (Å²) in [5, 5.41) is 6.73. The van der Waals surface area contributed by atoms with Gasteiger partial charge in [0.1, 0.15) is 0 Å². The van der Waals surface area contributed by atoms with Gasteiger partial charge in [-0.05, 0) is 23.3 Å². The van der Waals surface area contributed by atoms with E-state index in [0.717, 1.165) is 17.7 Å². The third-order valence-electron chi connectivity index (χ3n) is 3.49. The zero-order valence-corrected chi connectivity index (χ0v) is 11.0. The molecule has 0 saturated carbocycles. The number of rotatable bonds is 3. The Morgan fingerprint density at radius 3 is 2.74 bits per heavy atom. The Bertz CT molecular complexity index is 695. The second-order valence-corrected chi connectivity index (χ2v) is 4.68. The van der Waals surface area contributed by atoms with Crippen LogP contribution in [0.4, 0.5) is 0 Å². The number of hydrogen-bond acceptors (Lipinski definition) is 2. The van der Waals surface area contributed by atoms with Crippen LogP contribution in [0.2, 0.25) is 0 Å². The lowest BCUT2D eigenvalue weighted by Crippen LogP contribution is -2.11. The van der Waals surface area contributed by atoms with E-state index in [4.69, 9.17) is 5.73 Å². The predicted molar refractivity (Wildman–Crippen MR) is 77.9 cm³/mol. The van der Waals surface area contributed by atoms with Crippen molar-refractivity contribution in [3.63, 3.8) is 0 Å². The highest BCUT2D eigenvalue weighted by Gasteiger charge is 2.13. The first kappa shape index (κ1) is 11.9. The van der Waals surface area contributed by atoms with Crippen molar-refractivity contribution in [3.8, 4) is 0 Å². The van der Waals surface area contributed by atoms with E-state index in [1.807, 2.05) is 29.2 Å². The van der Waals surface area contributed by atoms with Crippen molar-refractivity contribution < 1.29 is 0 Å². The second-order valence-electron chi connectivity index (χ2n) is 4.68. The molecular formula is C16H17N3. The van der Waals surface area contributed by atoms with Crippen LogP contribution < -0.4 is 5.73 Å². The van der Waals surface area contributed by atoms with Crippen molar-refractivity contribution in [2.45, 2.75) is 19.5 Å². The monoisotopic (exact) mass is 251 g/mol. The standard InChI is InChI=1S/C16H17N3/c1-2-19-11-13(10-18-19)16(17)15-9-5-7-12-6-3-4-8-14(12)15/h3-11,16H,2,17H2,1H3. The quantitative estimate of drug-likeness (QED) is 0.777. The van der Waals surface area contributed by atoms with Crippen molar-refractivity contribution in [2.24, 2.45) is 5.73 Å². The molecule has 2 N–H and O–H groups in total. The maximum absolute atomic E-state index is 6.40. The number of hydrogen-bond donors (Lipinski definition) is 1. The Balaban J connectivity index is 2.08. The molecule has 3 rings (SSSR count). The van der Waals surface area contributed by atoms with Gasteiger partial charge in [0.25, 0.3) is 0 Å². The van der Waals surface area contributed by atoms with Crippen LogP contribution in [0.15, 0.2) is 54.9 Å². The van der Waals surface area contributed by atoms with Gasteiger partial charge in [-0.1, -0.05) is 42.5 Å². The summed E-state index contributed by atoms with van der Waals surface area (Å²) in [5.74, 6) is 0. The molecule has 0 spiro atoms. The molecule has 0 aliphatic rings. The highest BCUT2D eigenvalue weighted by Crippen LogP contribution is 2.26. The Kier molecular flexibility index (Phi) is 3.05. The van der Waals surface area contributed by atoms with Gasteiger partial charge >= 0.3 is 0 Å². The molecule has 0 bridgehead atoms. The summed E-state index contributed by atoms with van der Waals surface area (Å²) in [6, 6.07) is 14.5. The number of nitrogens with two attached hydrogens (primary N) is 1. The maximum atomic E-state index is 6.40. The van der Waals surface area contributed by atoms with Gasteiger partial charge in [-0.3, -0.25) is 4.68 Å². The van der Waals surface area contributed by atoms with Crippen LogP contribution in [0.5, 0.6) is 0 Å². The lowest BCUT2D eigenvalue weighted by atomic mass is 9.96. The van der Waals surface area contributed by atoms with E-state index in [1.54, 1.807) is 0 Å². The molecule has 0 amide bonds. The summed E-state index contributed by atoms with van der Waals surface area (Å²) >= 11 is 0. The zero-order valence-electron chi connectivity index (χ0n) is 11.0. The van der Waals surface area contributed by atoms with E-state index < -0.39 is 0 Å². The minimum absolute atomic E-state index is 0.133. The molecule has 0 radical (unpaired) electrons. The van der Waals surface area contributed by atoms with Crippen molar-refractivity contribution in [1.82, 2.24) is 9.78 Å². The number of benzene rings is 2. The Morgan fingerprint density at radius 2 is 1.95 bits per heavy atom. The number of aromatic nitrogens is 2. The Morgan fingerprint density at radius 1 is 1.16 bits per heavy atom. The van der Waals surface area contributed by atoms with Gasteiger partial charge in [-0.25, -0.2) is 0 Å². The molecule has 0 saturated heterocycles. The topological polar surface area (TPSA) is 43.8 Å². The minimum atomic E-state index is -0.133. The van der Waals surface area contributed by atoms with Gasteiger partial charge in [0.15, 0.2) is 0 Å². The number of nitrogens with zero attached hydrogens (tertiary/aromatic N) is 2. The molecule has 3 nitrogen and oxygen atoms in total. The summed E-state index contributed by atoms with van der Waals surface area (Å²) in [5.41, 5.74) is 8.60. The summed E-state index contributed by atoms with van der Waals surface area (Å²) < 4.78 is 1.90. The maximum Gasteiger partial charge on any atom is 0.0588 e. The van der Waals surface area contributed by atoms with E-state index in [2.05, 4.69) is 42.4 Å². The third-order valence-corrected chi connectivity index (χ3v) is 3.49. The van der Waals surface area contributed by atoms with E-state index >= 15 is 0 Å². The van der Waals surface area contributed by atoms with E-state index in [1.165, 1.54) is 10.8 Å². The molecule has 0 aliphatic heterocycles. The van der Waals surface area contributed by atoms with Crippen LogP contribution in [0.25, 0.3) is 10.8 Å². The lowest BCUT2D eigenvalue weighted by molar-refractivity contribution is 0.658. The van der Waals surface area contributed by atoms with Gasteiger partial charge in [0.05, 0.1) is 12.2 Å². The van der Waals surface area contributed by atoms with Gasteiger partial charge in [0, 0.05) is 18.3 Å². The Labute approximate surface area is 112 Å². The third kappa shape index (κ3) is 2.13. The summed E-state index contributed by atoms with van der Waals surface area (Å²) in [7, 11) is 0. The fraction of sp³-hybridized carbons (Fsp3) is 0.188. The molecule has 1 aromatic heterocycles. The van der Waals surface area contributed by atoms with Crippen molar-refractivity contribution in [2.75, 3.05) is 0 Å². The van der Waals surface area contributed by atoms with Crippen LogP contribution in [0, 0.1) is 0 Å². The molecule has 2 aromatic carbocycles. The molecule has 1 atom stereocenters. The highest BCUT2D eigenvalue weighted by atomic mass is 15.3. The first-order chi connectivity index (χ1) is 9.29. The van der Waals surface area contributed by atoms with Gasteiger partial charge in [-0.15, -0.1) is 0 Å². The normalized spacial score (nSPS) is 12.7. The molecule has 0 fully saturated rings. The molecule has 1 unspecified atom stereocenters. The van der Waals surface area contributed by atoms with Crippen LogP contribution in [0.3, 0.4) is 0 Å². The second kappa shape index (κ2) is 4.86. The van der Waals surface area contributed by atoms with E-state index in [9.17, 15) is 0 Å². The average Bonchev–Trinajstić information content (AvgIpc) is 2.95. The van der Waals surface area contributed by atoms with Gasteiger partial charge in [-0.2, -0.15) is 5.10 Å². The van der Waals surface area contributed by atoms with Gasteiger partial charge < -0.3 is 5.73 Å². The molecule has 3 heteroatoms. The predicted octanol–water partition coefficient (Wildman–Crippen LogP) is 3.10. The first-order valence-corrected chi connectivity index (χ1v) is 6.55. The van der Waals surface area contributed by atoms with Crippen molar-refractivity contribution in [3.05, 3.63) is 66.0 Å². The van der Waals surface area contributed by atoms with Crippen LogP contribution >= 0.6 is 0 Å². The fourth-order valence-corrected chi connectivity index (χ4v) is 2.41. The summed E-state index contributed by atoms with van der Waals surface area (Å²) in [6.45, 7) is 2.93. The largest absolute Gasteiger partial charge is 0.320 e. The summed E-state index contributed by atoms with van der Waals surface area (Å²) in [6.07, 6.45) is 3.88. The number of fused-ring (bicyclic) bond motifs is 1. The molecule has 1 heterocycles. The van der Waals surface area contributed by atoms with Crippen molar-refractivity contribution >= 4 is 10.8 Å². The zero-order chi connectivity index (χ0) is 13.2. The first-order valence-electron chi connectivity index (χ1n) is 6.55. The number of aryl methyl sites for hydroxylation is 1. The SMILES string of the molecule is CCn1cc(C(N)c2cccc3ccccc23)cn1. The van der Waals surface area contributed by atoms with E-state index in [0.29, 0.717) is 0 Å². The van der Waals surface area contributed by atoms with Crippen LogP contribution in [0.1, 0.15) is 24.1 Å². The van der Waals surface area contributed by atoms with E-state index in [-0.39, 0.29) is 6.04 Å². The Hall–Kier alpha value is -2.13. The molecule has 0 aliphatic carbocycles. The van der Waals surface area contributed by atoms with Crippen LogP contribution in [-0.2, 0) is 6.54 Å². The molecular weight excluding hydrogens is 234 g/mol. The van der Waals surface area contributed by atoms with Crippen LogP contribution in [-0.4, -0.2) is 9.78 Å². The minimum Gasteiger partial charge on any atom is -0.320 e. The highest BCUT2D eigenvalue weighted by molar-refractivity contribution is 5.86. The van der Waals surface area contributed by atoms with Crippen molar-refractivity contribution in [1.29, 1.82) is 0 Å². The smallest absolute Gasteiger partial charge is 0.0588 e. The molecule has 3 aromatic rings. The molecule has 96 valence electrons. The fourth-order valence-electron chi connectivity index (χ4n) is 2.41. The summed E-state index contributed by atoms with van der Waals surface area (Å²) in [4.78, 5) is 0.